The van der Waals surface area contributed by atoms with Crippen LogP contribution in [0.5, 0.6) is 0 Å². The van der Waals surface area contributed by atoms with Gasteiger partial charge in [-0.25, -0.2) is 4.98 Å². The monoisotopic (exact) mass is 301 g/mol. The summed E-state index contributed by atoms with van der Waals surface area (Å²) in [6.07, 6.45) is 4.72. The Kier molecular flexibility index (Phi) is 4.80. The standard InChI is InChI=1S/C16H23N5O/c1-12(2)15-18-16(20-19-15)14-11-21(9-10-22-14)8-5-13-3-6-17-7-4-13/h3-4,6-7,12,14H,5,8-11H2,1-2H3,(H,18,19,20)/t14-/m1/s1. The summed E-state index contributed by atoms with van der Waals surface area (Å²) in [7, 11) is 0. The third-order valence-corrected chi connectivity index (χ3v) is 3.96. The van der Waals surface area contributed by atoms with Crippen molar-refractivity contribution in [1.29, 1.82) is 0 Å². The molecule has 0 bridgehead atoms. The van der Waals surface area contributed by atoms with Crippen molar-refractivity contribution in [3.05, 3.63) is 41.7 Å². The van der Waals surface area contributed by atoms with Gasteiger partial charge in [0.2, 0.25) is 0 Å². The topological polar surface area (TPSA) is 66.9 Å². The molecule has 3 rings (SSSR count). The van der Waals surface area contributed by atoms with Gasteiger partial charge in [0.05, 0.1) is 6.61 Å². The minimum absolute atomic E-state index is 0.00816. The molecule has 6 heteroatoms. The molecular weight excluding hydrogens is 278 g/mol. The maximum atomic E-state index is 5.85. The van der Waals surface area contributed by atoms with Gasteiger partial charge in [-0.05, 0) is 24.1 Å². The van der Waals surface area contributed by atoms with Crippen LogP contribution >= 0.6 is 0 Å². The van der Waals surface area contributed by atoms with E-state index in [2.05, 4.69) is 51.0 Å². The summed E-state index contributed by atoms with van der Waals surface area (Å²) in [5, 5.41) is 7.30. The van der Waals surface area contributed by atoms with Gasteiger partial charge < -0.3 is 4.74 Å². The van der Waals surface area contributed by atoms with Crippen LogP contribution in [0.3, 0.4) is 0 Å². The van der Waals surface area contributed by atoms with E-state index < -0.39 is 0 Å². The van der Waals surface area contributed by atoms with E-state index in [1.165, 1.54) is 5.56 Å². The first-order valence-corrected chi connectivity index (χ1v) is 7.87. The zero-order valence-electron chi connectivity index (χ0n) is 13.2. The first kappa shape index (κ1) is 15.1. The molecular formula is C16H23N5O. The molecule has 22 heavy (non-hydrogen) atoms. The average Bonchev–Trinajstić information content (AvgIpc) is 3.05. The molecule has 0 aromatic carbocycles. The first-order valence-electron chi connectivity index (χ1n) is 7.87. The molecule has 0 aliphatic carbocycles. The zero-order valence-corrected chi connectivity index (χ0v) is 13.2. The summed E-state index contributed by atoms with van der Waals surface area (Å²) in [5.74, 6) is 2.03. The van der Waals surface area contributed by atoms with Crippen LogP contribution < -0.4 is 0 Å². The maximum absolute atomic E-state index is 5.85. The number of hydrogen-bond acceptors (Lipinski definition) is 5. The number of ether oxygens (including phenoxy) is 1. The van der Waals surface area contributed by atoms with Crippen LogP contribution in [0.2, 0.25) is 0 Å². The number of nitrogens with zero attached hydrogens (tertiary/aromatic N) is 4. The van der Waals surface area contributed by atoms with Gasteiger partial charge in [0, 0.05) is 37.9 Å². The van der Waals surface area contributed by atoms with Crippen molar-refractivity contribution in [2.75, 3.05) is 26.2 Å². The lowest BCUT2D eigenvalue weighted by molar-refractivity contribution is -0.0337. The van der Waals surface area contributed by atoms with Crippen molar-refractivity contribution in [3.63, 3.8) is 0 Å². The minimum atomic E-state index is -0.00816. The molecule has 118 valence electrons. The van der Waals surface area contributed by atoms with E-state index in [1.807, 2.05) is 12.4 Å². The molecule has 0 amide bonds. The van der Waals surface area contributed by atoms with Crippen molar-refractivity contribution in [3.8, 4) is 0 Å². The van der Waals surface area contributed by atoms with Crippen molar-refractivity contribution in [1.82, 2.24) is 25.1 Å². The van der Waals surface area contributed by atoms with Crippen LogP contribution in [0.25, 0.3) is 0 Å². The van der Waals surface area contributed by atoms with E-state index in [1.54, 1.807) is 0 Å². The molecule has 0 radical (unpaired) electrons. The van der Waals surface area contributed by atoms with Crippen LogP contribution in [-0.2, 0) is 11.2 Å². The Morgan fingerprint density at radius 1 is 1.36 bits per heavy atom. The molecule has 0 unspecified atom stereocenters. The molecule has 6 nitrogen and oxygen atoms in total. The normalized spacial score (nSPS) is 19.7. The maximum Gasteiger partial charge on any atom is 0.155 e. The van der Waals surface area contributed by atoms with E-state index >= 15 is 0 Å². The molecule has 3 heterocycles. The summed E-state index contributed by atoms with van der Waals surface area (Å²) in [5.41, 5.74) is 1.32. The largest absolute Gasteiger partial charge is 0.368 e. The predicted molar refractivity (Wildman–Crippen MR) is 83.5 cm³/mol. The molecule has 1 atom stereocenters. The van der Waals surface area contributed by atoms with Crippen LogP contribution in [0.1, 0.15) is 43.1 Å². The van der Waals surface area contributed by atoms with Crippen LogP contribution in [0, 0.1) is 0 Å². The van der Waals surface area contributed by atoms with E-state index in [4.69, 9.17) is 4.74 Å². The SMILES string of the molecule is CC(C)c1n[nH]c([C@H]2CN(CCc3ccncc3)CCO2)n1. The lowest BCUT2D eigenvalue weighted by Gasteiger charge is -2.31. The van der Waals surface area contributed by atoms with Gasteiger partial charge in [-0.15, -0.1) is 0 Å². The van der Waals surface area contributed by atoms with Gasteiger partial charge in [0.25, 0.3) is 0 Å². The van der Waals surface area contributed by atoms with Crippen LogP contribution in [0.4, 0.5) is 0 Å². The van der Waals surface area contributed by atoms with Gasteiger partial charge in [0.15, 0.2) is 11.6 Å². The van der Waals surface area contributed by atoms with E-state index in [0.29, 0.717) is 5.92 Å². The molecule has 2 aromatic rings. The second-order valence-electron chi connectivity index (χ2n) is 6.00. The van der Waals surface area contributed by atoms with Crippen molar-refractivity contribution in [2.24, 2.45) is 0 Å². The molecule has 1 saturated heterocycles. The smallest absolute Gasteiger partial charge is 0.155 e. The average molecular weight is 301 g/mol. The second kappa shape index (κ2) is 6.98. The van der Waals surface area contributed by atoms with Gasteiger partial charge in [0.1, 0.15) is 6.10 Å². The lowest BCUT2D eigenvalue weighted by Crippen LogP contribution is -2.39. The van der Waals surface area contributed by atoms with Crippen molar-refractivity contribution < 1.29 is 4.74 Å². The summed E-state index contributed by atoms with van der Waals surface area (Å²) < 4.78 is 5.85. The number of rotatable bonds is 5. The Morgan fingerprint density at radius 2 is 2.18 bits per heavy atom. The number of aromatic nitrogens is 4. The summed E-state index contributed by atoms with van der Waals surface area (Å²) in [4.78, 5) is 11.0. The Bertz CT molecular complexity index is 583. The van der Waals surface area contributed by atoms with E-state index in [-0.39, 0.29) is 6.10 Å². The molecule has 1 aliphatic heterocycles. The van der Waals surface area contributed by atoms with Gasteiger partial charge in [-0.3, -0.25) is 15.0 Å². The highest BCUT2D eigenvalue weighted by atomic mass is 16.5. The van der Waals surface area contributed by atoms with E-state index in [0.717, 1.165) is 44.3 Å². The highest BCUT2D eigenvalue weighted by molar-refractivity contribution is 5.10. The fraction of sp³-hybridized carbons (Fsp3) is 0.562. The van der Waals surface area contributed by atoms with Gasteiger partial charge >= 0.3 is 0 Å². The number of nitrogens with one attached hydrogen (secondary N) is 1. The van der Waals surface area contributed by atoms with Crippen LogP contribution in [-0.4, -0.2) is 51.3 Å². The van der Waals surface area contributed by atoms with E-state index in [9.17, 15) is 0 Å². The molecule has 1 fully saturated rings. The number of hydrogen-bond donors (Lipinski definition) is 1. The lowest BCUT2D eigenvalue weighted by atomic mass is 10.1. The number of aromatic amines is 1. The first-order chi connectivity index (χ1) is 10.7. The highest BCUT2D eigenvalue weighted by Crippen LogP contribution is 2.20. The number of pyridine rings is 1. The molecule has 0 spiro atoms. The Hall–Kier alpha value is -1.79. The molecule has 1 N–H and O–H groups in total. The molecule has 0 saturated carbocycles. The third-order valence-electron chi connectivity index (χ3n) is 3.96. The third kappa shape index (κ3) is 3.69. The van der Waals surface area contributed by atoms with Gasteiger partial charge in [-0.1, -0.05) is 13.8 Å². The molecule has 2 aromatic heterocycles. The Morgan fingerprint density at radius 3 is 2.91 bits per heavy atom. The number of morpholine rings is 1. The Balaban J connectivity index is 1.56. The highest BCUT2D eigenvalue weighted by Gasteiger charge is 2.25. The zero-order chi connectivity index (χ0) is 15.4. The van der Waals surface area contributed by atoms with Crippen molar-refractivity contribution in [2.45, 2.75) is 32.3 Å². The quantitative estimate of drug-likeness (QED) is 0.914. The molecule has 1 aliphatic rings. The van der Waals surface area contributed by atoms with Gasteiger partial charge in [-0.2, -0.15) is 5.10 Å². The Labute approximate surface area is 130 Å². The predicted octanol–water partition coefficient (Wildman–Crippen LogP) is 1.94. The fourth-order valence-corrected chi connectivity index (χ4v) is 2.60. The number of H-pyrrole nitrogens is 1. The van der Waals surface area contributed by atoms with Crippen molar-refractivity contribution >= 4 is 0 Å². The second-order valence-corrected chi connectivity index (χ2v) is 6.00. The summed E-state index contributed by atoms with van der Waals surface area (Å²) >= 11 is 0. The summed E-state index contributed by atoms with van der Waals surface area (Å²) in [6, 6.07) is 4.15. The van der Waals surface area contributed by atoms with Crippen LogP contribution in [0.15, 0.2) is 24.5 Å². The summed E-state index contributed by atoms with van der Waals surface area (Å²) in [6.45, 7) is 7.77. The minimum Gasteiger partial charge on any atom is -0.368 e. The fourth-order valence-electron chi connectivity index (χ4n) is 2.60.